The monoisotopic (exact) mass is 278 g/mol. The van der Waals surface area contributed by atoms with Gasteiger partial charge in [-0.3, -0.25) is 4.79 Å². The Bertz CT molecular complexity index is 444. The van der Waals surface area contributed by atoms with Gasteiger partial charge in [0.1, 0.15) is 5.75 Å². The van der Waals surface area contributed by atoms with E-state index in [1.54, 1.807) is 7.05 Å². The molecule has 1 aromatic carbocycles. The van der Waals surface area contributed by atoms with Crippen LogP contribution in [0, 0.1) is 0 Å². The summed E-state index contributed by atoms with van der Waals surface area (Å²) >= 11 is 0. The van der Waals surface area contributed by atoms with Crippen LogP contribution in [0.1, 0.15) is 19.8 Å². The van der Waals surface area contributed by atoms with E-state index in [1.807, 2.05) is 31.2 Å². The molecule has 2 rings (SSSR count). The summed E-state index contributed by atoms with van der Waals surface area (Å²) < 4.78 is 11.0. The van der Waals surface area contributed by atoms with Gasteiger partial charge in [0.2, 0.25) is 0 Å². The Kier molecular flexibility index (Phi) is 5.24. The van der Waals surface area contributed by atoms with Gasteiger partial charge >= 0.3 is 0 Å². The lowest BCUT2D eigenvalue weighted by Crippen LogP contribution is -2.40. The Morgan fingerprint density at radius 2 is 2.20 bits per heavy atom. The topological polar surface area (TPSA) is 59.6 Å². The van der Waals surface area contributed by atoms with Crippen molar-refractivity contribution in [2.45, 2.75) is 31.9 Å². The largest absolute Gasteiger partial charge is 0.484 e. The van der Waals surface area contributed by atoms with Crippen molar-refractivity contribution in [3.8, 4) is 5.75 Å². The molecule has 1 saturated carbocycles. The summed E-state index contributed by atoms with van der Waals surface area (Å²) in [7, 11) is 1.59. The third kappa shape index (κ3) is 4.13. The first kappa shape index (κ1) is 14.7. The van der Waals surface area contributed by atoms with Gasteiger partial charge < -0.3 is 20.1 Å². The summed E-state index contributed by atoms with van der Waals surface area (Å²) in [5.41, 5.74) is 1.01. The van der Waals surface area contributed by atoms with Gasteiger partial charge in [-0.2, -0.15) is 0 Å². The lowest BCUT2D eigenvalue weighted by Gasteiger charge is -2.36. The van der Waals surface area contributed by atoms with Gasteiger partial charge in [0.25, 0.3) is 5.91 Å². The molecule has 5 nitrogen and oxygen atoms in total. The van der Waals surface area contributed by atoms with Gasteiger partial charge in [-0.1, -0.05) is 6.07 Å². The normalized spacial score (nSPS) is 20.9. The van der Waals surface area contributed by atoms with Crippen LogP contribution in [-0.2, 0) is 9.53 Å². The lowest BCUT2D eigenvalue weighted by atomic mass is 9.89. The van der Waals surface area contributed by atoms with Crippen LogP contribution in [-0.4, -0.2) is 38.3 Å². The Balaban J connectivity index is 1.79. The highest BCUT2D eigenvalue weighted by molar-refractivity contribution is 5.77. The predicted molar refractivity (Wildman–Crippen MR) is 78.1 cm³/mol. The van der Waals surface area contributed by atoms with Crippen molar-refractivity contribution >= 4 is 11.6 Å². The molecule has 1 amide bonds. The molecular formula is C15H22N2O3. The number of amides is 1. The van der Waals surface area contributed by atoms with Crippen molar-refractivity contribution < 1.29 is 14.3 Å². The second-order valence-corrected chi connectivity index (χ2v) is 4.88. The van der Waals surface area contributed by atoms with E-state index in [4.69, 9.17) is 9.47 Å². The van der Waals surface area contributed by atoms with Gasteiger partial charge in [0.15, 0.2) is 6.61 Å². The Hall–Kier alpha value is -1.75. The lowest BCUT2D eigenvalue weighted by molar-refractivity contribution is -0.122. The molecule has 1 aliphatic rings. The van der Waals surface area contributed by atoms with Crippen molar-refractivity contribution in [1.29, 1.82) is 0 Å². The Morgan fingerprint density at radius 3 is 2.90 bits per heavy atom. The van der Waals surface area contributed by atoms with E-state index in [2.05, 4.69) is 10.6 Å². The van der Waals surface area contributed by atoms with Crippen LogP contribution in [0.4, 0.5) is 5.69 Å². The zero-order chi connectivity index (χ0) is 14.4. The van der Waals surface area contributed by atoms with Gasteiger partial charge in [0.05, 0.1) is 6.10 Å². The molecule has 0 radical (unpaired) electrons. The minimum absolute atomic E-state index is 0.0375. The first-order valence-electron chi connectivity index (χ1n) is 7.02. The highest BCUT2D eigenvalue weighted by Gasteiger charge is 2.29. The van der Waals surface area contributed by atoms with Crippen molar-refractivity contribution in [2.75, 3.05) is 25.6 Å². The van der Waals surface area contributed by atoms with Gasteiger partial charge in [-0.05, 0) is 31.9 Å². The number of ether oxygens (including phenoxy) is 2. The quantitative estimate of drug-likeness (QED) is 0.798. The zero-order valence-corrected chi connectivity index (χ0v) is 12.0. The smallest absolute Gasteiger partial charge is 0.257 e. The molecule has 0 spiro atoms. The van der Waals surface area contributed by atoms with Gasteiger partial charge in [-0.25, -0.2) is 0 Å². The zero-order valence-electron chi connectivity index (χ0n) is 12.0. The second-order valence-electron chi connectivity index (χ2n) is 4.88. The molecule has 1 aliphatic carbocycles. The fraction of sp³-hybridized carbons (Fsp3) is 0.533. The molecule has 0 aromatic heterocycles. The van der Waals surface area contributed by atoms with Gasteiger partial charge in [-0.15, -0.1) is 0 Å². The fourth-order valence-electron chi connectivity index (χ4n) is 2.19. The van der Waals surface area contributed by atoms with E-state index < -0.39 is 0 Å². The molecule has 0 unspecified atom stereocenters. The number of anilines is 1. The van der Waals surface area contributed by atoms with Crippen LogP contribution >= 0.6 is 0 Å². The van der Waals surface area contributed by atoms with Crippen LogP contribution in [0.2, 0.25) is 0 Å². The molecule has 0 heterocycles. The van der Waals surface area contributed by atoms with E-state index in [0.717, 1.165) is 25.1 Å². The van der Waals surface area contributed by atoms with Crippen molar-refractivity contribution in [1.82, 2.24) is 5.32 Å². The van der Waals surface area contributed by atoms with Crippen LogP contribution in [0.25, 0.3) is 0 Å². The highest BCUT2D eigenvalue weighted by Crippen LogP contribution is 2.28. The summed E-state index contributed by atoms with van der Waals surface area (Å²) in [6.07, 6.45) is 2.47. The summed E-state index contributed by atoms with van der Waals surface area (Å²) in [6, 6.07) is 8.14. The maximum absolute atomic E-state index is 11.1. The standard InChI is InChI=1S/C15H22N2O3/c1-3-19-14-8-12(9-14)17-11-5-4-6-13(7-11)20-10-15(18)16-2/h4-7,12,14,17H,3,8-10H2,1-2H3,(H,16,18). The Morgan fingerprint density at radius 1 is 1.40 bits per heavy atom. The molecule has 110 valence electrons. The maximum atomic E-state index is 11.1. The predicted octanol–water partition coefficient (Wildman–Crippen LogP) is 1.79. The summed E-state index contributed by atoms with van der Waals surface area (Å²) in [4.78, 5) is 11.1. The maximum Gasteiger partial charge on any atom is 0.257 e. The molecule has 0 bridgehead atoms. The van der Waals surface area contributed by atoms with Gasteiger partial charge in [0, 0.05) is 31.5 Å². The van der Waals surface area contributed by atoms with E-state index >= 15 is 0 Å². The number of carbonyl (C=O) groups excluding carboxylic acids is 1. The Labute approximate surface area is 119 Å². The van der Waals surface area contributed by atoms with Crippen molar-refractivity contribution in [2.24, 2.45) is 0 Å². The summed E-state index contributed by atoms with van der Waals surface area (Å²) in [5.74, 6) is 0.557. The molecule has 1 aromatic rings. The molecule has 5 heteroatoms. The molecule has 20 heavy (non-hydrogen) atoms. The van der Waals surface area contributed by atoms with Crippen LogP contribution in [0.3, 0.4) is 0 Å². The average Bonchev–Trinajstić information content (AvgIpc) is 2.43. The van der Waals surface area contributed by atoms with E-state index in [1.165, 1.54) is 0 Å². The second kappa shape index (κ2) is 7.14. The number of carbonyl (C=O) groups is 1. The van der Waals surface area contributed by atoms with Crippen LogP contribution in [0.5, 0.6) is 5.75 Å². The molecular weight excluding hydrogens is 256 g/mol. The third-order valence-corrected chi connectivity index (χ3v) is 3.35. The van der Waals surface area contributed by atoms with E-state index in [9.17, 15) is 4.79 Å². The number of rotatable bonds is 7. The van der Waals surface area contributed by atoms with Crippen LogP contribution in [0.15, 0.2) is 24.3 Å². The first-order valence-corrected chi connectivity index (χ1v) is 7.02. The van der Waals surface area contributed by atoms with Crippen LogP contribution < -0.4 is 15.4 Å². The fourth-order valence-corrected chi connectivity index (χ4v) is 2.19. The highest BCUT2D eigenvalue weighted by atomic mass is 16.5. The average molecular weight is 278 g/mol. The molecule has 0 saturated heterocycles. The van der Waals surface area contributed by atoms with E-state index in [0.29, 0.717) is 17.9 Å². The summed E-state index contributed by atoms with van der Waals surface area (Å²) in [6.45, 7) is 2.84. The minimum Gasteiger partial charge on any atom is -0.484 e. The third-order valence-electron chi connectivity index (χ3n) is 3.35. The number of likely N-dealkylation sites (N-methyl/N-ethyl adjacent to an activating group) is 1. The van der Waals surface area contributed by atoms with Crippen molar-refractivity contribution in [3.05, 3.63) is 24.3 Å². The molecule has 1 fully saturated rings. The number of benzene rings is 1. The number of nitrogens with one attached hydrogen (secondary N) is 2. The number of hydrogen-bond acceptors (Lipinski definition) is 4. The number of hydrogen-bond donors (Lipinski definition) is 2. The molecule has 0 aliphatic heterocycles. The summed E-state index contributed by atoms with van der Waals surface area (Å²) in [5, 5.41) is 5.97. The van der Waals surface area contributed by atoms with Crippen molar-refractivity contribution in [3.63, 3.8) is 0 Å². The molecule has 2 N–H and O–H groups in total. The molecule has 0 atom stereocenters. The minimum atomic E-state index is -0.137. The first-order chi connectivity index (χ1) is 9.71. The van der Waals surface area contributed by atoms with E-state index in [-0.39, 0.29) is 12.5 Å². The SMILES string of the molecule is CCOC1CC(Nc2cccc(OCC(=O)NC)c2)C1.